The lowest BCUT2D eigenvalue weighted by Gasteiger charge is -2.20. The van der Waals surface area contributed by atoms with E-state index >= 15 is 0 Å². The molecule has 2 N–H and O–H groups in total. The van der Waals surface area contributed by atoms with Crippen LogP contribution < -0.4 is 15.4 Å². The maximum Gasteiger partial charge on any atom is 0.191 e. The molecular formula is C17H26FN3O3S. The van der Waals surface area contributed by atoms with Gasteiger partial charge >= 0.3 is 0 Å². The third kappa shape index (κ3) is 6.53. The zero-order valence-corrected chi connectivity index (χ0v) is 15.5. The number of nitrogens with one attached hydrogen (secondary N) is 2. The van der Waals surface area contributed by atoms with Gasteiger partial charge in [-0.2, -0.15) is 0 Å². The summed E-state index contributed by atoms with van der Waals surface area (Å²) in [7, 11) is -1.21. The van der Waals surface area contributed by atoms with Gasteiger partial charge in [-0.25, -0.2) is 12.8 Å². The van der Waals surface area contributed by atoms with Gasteiger partial charge in [0.2, 0.25) is 0 Å². The maximum absolute atomic E-state index is 13.2. The minimum atomic E-state index is -2.87. The molecule has 0 aromatic heterocycles. The molecule has 2 rings (SSSR count). The predicted molar refractivity (Wildman–Crippen MR) is 97.2 cm³/mol. The van der Waals surface area contributed by atoms with Crippen molar-refractivity contribution in [3.63, 3.8) is 0 Å². The van der Waals surface area contributed by atoms with Gasteiger partial charge in [0.1, 0.15) is 17.7 Å². The van der Waals surface area contributed by atoms with Gasteiger partial charge in [0.05, 0.1) is 18.1 Å². The number of sulfone groups is 1. The van der Waals surface area contributed by atoms with E-state index in [1.807, 2.05) is 6.92 Å². The summed E-state index contributed by atoms with van der Waals surface area (Å²) in [6.07, 6.45) is 1.31. The number of aliphatic imine (C=N–C) groups is 1. The molecule has 6 nitrogen and oxygen atoms in total. The number of rotatable bonds is 7. The Balaban J connectivity index is 1.78. The molecular weight excluding hydrogens is 345 g/mol. The maximum atomic E-state index is 13.2. The number of nitrogens with zero attached hydrogens (tertiary/aromatic N) is 1. The minimum Gasteiger partial charge on any atom is -0.489 e. The van der Waals surface area contributed by atoms with Gasteiger partial charge in [-0.05, 0) is 30.9 Å². The van der Waals surface area contributed by atoms with E-state index in [4.69, 9.17) is 4.74 Å². The molecule has 1 aliphatic rings. The molecule has 0 spiro atoms. The first-order chi connectivity index (χ1) is 11.9. The van der Waals surface area contributed by atoms with Crippen LogP contribution in [-0.4, -0.2) is 52.1 Å². The molecule has 1 heterocycles. The van der Waals surface area contributed by atoms with Gasteiger partial charge in [0, 0.05) is 19.7 Å². The summed E-state index contributed by atoms with van der Waals surface area (Å²) < 4.78 is 42.0. The van der Waals surface area contributed by atoms with Crippen LogP contribution in [0.1, 0.15) is 19.8 Å². The van der Waals surface area contributed by atoms with Crippen molar-refractivity contribution in [2.45, 2.75) is 25.9 Å². The van der Waals surface area contributed by atoms with Crippen LogP contribution in [0.2, 0.25) is 0 Å². The summed E-state index contributed by atoms with van der Waals surface area (Å²) in [5, 5.41) is 6.33. The van der Waals surface area contributed by atoms with E-state index < -0.39 is 9.84 Å². The Kier molecular flexibility index (Phi) is 7.04. The fourth-order valence-electron chi connectivity index (χ4n) is 2.71. The summed E-state index contributed by atoms with van der Waals surface area (Å²) in [6.45, 7) is 3.07. The van der Waals surface area contributed by atoms with Gasteiger partial charge in [-0.3, -0.25) is 4.99 Å². The second-order valence-corrected chi connectivity index (χ2v) is 8.44. The molecule has 25 heavy (non-hydrogen) atoms. The lowest BCUT2D eigenvalue weighted by atomic mass is 10.1. The van der Waals surface area contributed by atoms with E-state index in [2.05, 4.69) is 15.6 Å². The molecule has 1 aromatic carbocycles. The Bertz CT molecular complexity index is 694. The van der Waals surface area contributed by atoms with Gasteiger partial charge in [-0.1, -0.05) is 13.0 Å². The summed E-state index contributed by atoms with van der Waals surface area (Å²) in [4.78, 5) is 4.14. The smallest absolute Gasteiger partial charge is 0.191 e. The normalized spacial score (nSPS) is 20.9. The highest BCUT2D eigenvalue weighted by molar-refractivity contribution is 7.91. The fourth-order valence-corrected chi connectivity index (χ4v) is 4.57. The Morgan fingerprint density at radius 3 is 2.84 bits per heavy atom. The summed E-state index contributed by atoms with van der Waals surface area (Å²) in [6, 6.07) is 6.07. The molecule has 0 aliphatic carbocycles. The Morgan fingerprint density at radius 2 is 2.24 bits per heavy atom. The van der Waals surface area contributed by atoms with Crippen LogP contribution in [0.3, 0.4) is 0 Å². The number of hydrogen-bond donors (Lipinski definition) is 2. The molecule has 1 aromatic rings. The largest absolute Gasteiger partial charge is 0.489 e. The molecule has 1 aliphatic heterocycles. The monoisotopic (exact) mass is 371 g/mol. The van der Waals surface area contributed by atoms with E-state index in [0.717, 1.165) is 6.42 Å². The highest BCUT2D eigenvalue weighted by Gasteiger charge is 2.27. The first kappa shape index (κ1) is 19.5. The molecule has 0 saturated carbocycles. The number of guanidine groups is 1. The minimum absolute atomic E-state index is 0.120. The number of hydrogen-bond acceptors (Lipinski definition) is 4. The zero-order valence-electron chi connectivity index (χ0n) is 14.7. The Morgan fingerprint density at radius 1 is 1.44 bits per heavy atom. The predicted octanol–water partition coefficient (Wildman–Crippen LogP) is 1.58. The van der Waals surface area contributed by atoms with Crippen molar-refractivity contribution in [1.29, 1.82) is 0 Å². The second kappa shape index (κ2) is 9.03. The first-order valence-electron chi connectivity index (χ1n) is 8.49. The average molecular weight is 371 g/mol. The SMILES string of the molecule is CCC(CNC(=NC)NCC1CCS(=O)(=O)C1)Oc1cccc(F)c1. The van der Waals surface area contributed by atoms with E-state index in [-0.39, 0.29) is 29.3 Å². The quantitative estimate of drug-likeness (QED) is 0.562. The van der Waals surface area contributed by atoms with Crippen LogP contribution in [0.4, 0.5) is 4.39 Å². The Hall–Kier alpha value is -1.83. The third-order valence-electron chi connectivity index (χ3n) is 4.16. The molecule has 0 radical (unpaired) electrons. The molecule has 1 fully saturated rings. The number of halogens is 1. The van der Waals surface area contributed by atoms with Crippen molar-refractivity contribution in [1.82, 2.24) is 10.6 Å². The molecule has 8 heteroatoms. The fraction of sp³-hybridized carbons (Fsp3) is 0.588. The van der Waals surface area contributed by atoms with Gasteiger partial charge in [0.15, 0.2) is 15.8 Å². The summed E-state index contributed by atoms with van der Waals surface area (Å²) >= 11 is 0. The van der Waals surface area contributed by atoms with Crippen molar-refractivity contribution < 1.29 is 17.5 Å². The van der Waals surface area contributed by atoms with Crippen LogP contribution in [0, 0.1) is 11.7 Å². The Labute approximate surface area is 148 Å². The third-order valence-corrected chi connectivity index (χ3v) is 6.00. The van der Waals surface area contributed by atoms with Crippen LogP contribution in [-0.2, 0) is 9.84 Å². The van der Waals surface area contributed by atoms with Gasteiger partial charge in [-0.15, -0.1) is 0 Å². The molecule has 0 bridgehead atoms. The van der Waals surface area contributed by atoms with Crippen LogP contribution in [0.15, 0.2) is 29.3 Å². The van der Waals surface area contributed by atoms with E-state index in [1.165, 1.54) is 12.1 Å². The highest BCUT2D eigenvalue weighted by atomic mass is 32.2. The van der Waals surface area contributed by atoms with E-state index in [1.54, 1.807) is 19.2 Å². The standard InChI is InChI=1S/C17H26FN3O3S/c1-3-15(24-16-6-4-5-14(18)9-16)11-21-17(19-2)20-10-13-7-8-25(22,23)12-13/h4-6,9,13,15H,3,7-8,10-12H2,1-2H3,(H2,19,20,21). The lowest BCUT2D eigenvalue weighted by Crippen LogP contribution is -2.44. The second-order valence-electron chi connectivity index (χ2n) is 6.21. The summed E-state index contributed by atoms with van der Waals surface area (Å²) in [5.74, 6) is 1.39. The number of ether oxygens (including phenoxy) is 1. The molecule has 140 valence electrons. The number of benzene rings is 1. The van der Waals surface area contributed by atoms with Crippen molar-refractivity contribution in [3.05, 3.63) is 30.1 Å². The van der Waals surface area contributed by atoms with Crippen LogP contribution in [0.5, 0.6) is 5.75 Å². The van der Waals surface area contributed by atoms with Crippen molar-refractivity contribution in [2.24, 2.45) is 10.9 Å². The van der Waals surface area contributed by atoms with Crippen molar-refractivity contribution in [2.75, 3.05) is 31.6 Å². The van der Waals surface area contributed by atoms with Crippen LogP contribution in [0.25, 0.3) is 0 Å². The topological polar surface area (TPSA) is 79.8 Å². The molecule has 2 atom stereocenters. The van der Waals surface area contributed by atoms with Crippen LogP contribution >= 0.6 is 0 Å². The van der Waals surface area contributed by atoms with Gasteiger partial charge < -0.3 is 15.4 Å². The van der Waals surface area contributed by atoms with E-state index in [9.17, 15) is 12.8 Å². The highest BCUT2D eigenvalue weighted by Crippen LogP contribution is 2.17. The molecule has 1 saturated heterocycles. The average Bonchev–Trinajstić information content (AvgIpc) is 2.93. The lowest BCUT2D eigenvalue weighted by molar-refractivity contribution is 0.198. The van der Waals surface area contributed by atoms with Gasteiger partial charge in [0.25, 0.3) is 0 Å². The van der Waals surface area contributed by atoms with E-state index in [0.29, 0.717) is 31.2 Å². The molecule has 2 unspecified atom stereocenters. The molecule has 0 amide bonds. The first-order valence-corrected chi connectivity index (χ1v) is 10.3. The van der Waals surface area contributed by atoms with Crippen molar-refractivity contribution in [3.8, 4) is 5.75 Å². The zero-order chi connectivity index (χ0) is 18.3. The van der Waals surface area contributed by atoms with Crippen molar-refractivity contribution >= 4 is 15.8 Å². The summed E-state index contributed by atoms with van der Waals surface area (Å²) in [5.41, 5.74) is 0.